The average molecular weight is 494 g/mol. The summed E-state index contributed by atoms with van der Waals surface area (Å²) >= 11 is 0. The topological polar surface area (TPSA) is 71.6 Å². The molecule has 5 rings (SSSR count). The van der Waals surface area contributed by atoms with Crippen LogP contribution < -0.4 is 10.5 Å². The summed E-state index contributed by atoms with van der Waals surface area (Å²) < 4.78 is 51.4. The number of carbonyl (C=O) groups is 1. The van der Waals surface area contributed by atoms with Crippen LogP contribution in [0.4, 0.5) is 23.7 Å². The van der Waals surface area contributed by atoms with Crippen molar-refractivity contribution in [2.24, 2.45) is 0 Å². The molecule has 1 saturated heterocycles. The lowest BCUT2D eigenvalue weighted by molar-refractivity contribution is -0.137. The van der Waals surface area contributed by atoms with Gasteiger partial charge in [-0.2, -0.15) is 13.2 Å². The summed E-state index contributed by atoms with van der Waals surface area (Å²) in [5, 5.41) is 0.696. The summed E-state index contributed by atoms with van der Waals surface area (Å²) in [4.78, 5) is 29.3. The van der Waals surface area contributed by atoms with E-state index in [9.17, 15) is 22.8 Å². The van der Waals surface area contributed by atoms with Gasteiger partial charge in [-0.15, -0.1) is 0 Å². The molecule has 1 N–H and O–H groups in total. The molecule has 36 heavy (non-hydrogen) atoms. The molecular weight excluding hydrogens is 473 g/mol. The number of cyclic esters (lactones) is 1. The fourth-order valence-electron chi connectivity index (χ4n) is 4.23. The van der Waals surface area contributed by atoms with E-state index < -0.39 is 29.5 Å². The molecule has 184 valence electrons. The molecule has 6 nitrogen and oxygen atoms in total. The zero-order valence-electron chi connectivity index (χ0n) is 18.9. The van der Waals surface area contributed by atoms with Crippen molar-refractivity contribution in [3.8, 4) is 11.3 Å². The van der Waals surface area contributed by atoms with Gasteiger partial charge in [0.15, 0.2) is 0 Å². The Morgan fingerprint density at radius 2 is 1.72 bits per heavy atom. The Morgan fingerprint density at radius 3 is 2.50 bits per heavy atom. The van der Waals surface area contributed by atoms with Gasteiger partial charge in [0.2, 0.25) is 0 Å². The number of halogens is 3. The number of H-pyrrole nitrogens is 1. The fourth-order valence-corrected chi connectivity index (χ4v) is 4.23. The van der Waals surface area contributed by atoms with Crippen LogP contribution in [-0.4, -0.2) is 30.3 Å². The molecular formula is C27H21F3N2O4. The number of benzene rings is 3. The Bertz CT molecular complexity index is 1470. The minimum absolute atomic E-state index is 0.0596. The third kappa shape index (κ3) is 4.83. The van der Waals surface area contributed by atoms with Crippen molar-refractivity contribution < 1.29 is 27.4 Å². The molecule has 1 aliphatic heterocycles. The van der Waals surface area contributed by atoms with Gasteiger partial charge >= 0.3 is 12.3 Å². The molecule has 1 atom stereocenters. The zero-order chi connectivity index (χ0) is 25.3. The van der Waals surface area contributed by atoms with Gasteiger partial charge in [0.1, 0.15) is 6.10 Å². The highest BCUT2D eigenvalue weighted by molar-refractivity contribution is 5.94. The van der Waals surface area contributed by atoms with E-state index in [4.69, 9.17) is 9.47 Å². The molecule has 9 heteroatoms. The van der Waals surface area contributed by atoms with Gasteiger partial charge < -0.3 is 14.5 Å². The largest absolute Gasteiger partial charge is 0.441 e. The average Bonchev–Trinajstić information content (AvgIpc) is 3.24. The number of nitrogens with one attached hydrogen (secondary N) is 1. The van der Waals surface area contributed by atoms with Crippen molar-refractivity contribution in [2.75, 3.05) is 18.1 Å². The molecule has 0 bridgehead atoms. The number of pyridine rings is 1. The maximum absolute atomic E-state index is 13.5. The Morgan fingerprint density at radius 1 is 0.972 bits per heavy atom. The Hall–Kier alpha value is -4.11. The van der Waals surface area contributed by atoms with E-state index in [0.717, 1.165) is 11.6 Å². The second-order valence-corrected chi connectivity index (χ2v) is 8.44. The van der Waals surface area contributed by atoms with Crippen molar-refractivity contribution in [1.82, 2.24) is 4.98 Å². The van der Waals surface area contributed by atoms with E-state index in [2.05, 4.69) is 4.98 Å². The summed E-state index contributed by atoms with van der Waals surface area (Å²) in [6.07, 6.45) is -5.60. The van der Waals surface area contributed by atoms with E-state index in [-0.39, 0.29) is 29.8 Å². The van der Waals surface area contributed by atoms with Crippen molar-refractivity contribution >= 4 is 22.6 Å². The molecule has 0 aliphatic carbocycles. The zero-order valence-corrected chi connectivity index (χ0v) is 18.9. The van der Waals surface area contributed by atoms with Crippen molar-refractivity contribution in [2.45, 2.75) is 18.9 Å². The fraction of sp³-hybridized carbons (Fsp3) is 0.185. The van der Waals surface area contributed by atoms with Crippen LogP contribution in [0, 0.1) is 0 Å². The lowest BCUT2D eigenvalue weighted by Crippen LogP contribution is -2.26. The number of carbonyl (C=O) groups excluding carboxylic acids is 1. The first-order valence-corrected chi connectivity index (χ1v) is 11.2. The monoisotopic (exact) mass is 494 g/mol. The second kappa shape index (κ2) is 9.50. The summed E-state index contributed by atoms with van der Waals surface area (Å²) in [6, 6.07) is 20.9. The smallest absolute Gasteiger partial charge is 0.417 e. The standard InChI is InChI=1S/C27H21F3N2O4/c28-27(29,30)23-9-5-4-8-21(23)24-12-18-10-11-19(13-22(18)25(33)31-24)32-14-20(36-26(32)34)16-35-15-17-6-2-1-3-7-17/h1-13,20H,14-16H2,(H,31,33). The first-order valence-electron chi connectivity index (χ1n) is 11.2. The number of nitrogens with zero attached hydrogens (tertiary/aromatic N) is 1. The first kappa shape index (κ1) is 23.6. The van der Waals surface area contributed by atoms with Crippen LogP contribution in [0.25, 0.3) is 22.0 Å². The minimum atomic E-state index is -4.57. The van der Waals surface area contributed by atoms with E-state index >= 15 is 0 Å². The van der Waals surface area contributed by atoms with Crippen LogP contribution in [0.2, 0.25) is 0 Å². The molecule has 1 unspecified atom stereocenters. The minimum Gasteiger partial charge on any atom is -0.441 e. The van der Waals surface area contributed by atoms with Gasteiger partial charge in [0, 0.05) is 22.3 Å². The number of alkyl halides is 3. The van der Waals surface area contributed by atoms with Crippen LogP contribution in [0.1, 0.15) is 11.1 Å². The summed E-state index contributed by atoms with van der Waals surface area (Å²) in [5.41, 5.74) is 0.00387. The van der Waals surface area contributed by atoms with Crippen molar-refractivity contribution in [3.05, 3.63) is 100 Å². The van der Waals surface area contributed by atoms with Gasteiger partial charge in [0.25, 0.3) is 5.56 Å². The van der Waals surface area contributed by atoms with Gasteiger partial charge in [-0.1, -0.05) is 54.6 Å². The second-order valence-electron chi connectivity index (χ2n) is 8.44. The Labute approximate surface area is 203 Å². The maximum Gasteiger partial charge on any atom is 0.417 e. The van der Waals surface area contributed by atoms with Gasteiger partial charge in [-0.25, -0.2) is 4.79 Å². The SMILES string of the molecule is O=C1OC(COCc2ccccc2)CN1c1ccc2cc(-c3ccccc3C(F)(F)F)[nH]c(=O)c2c1. The lowest BCUT2D eigenvalue weighted by atomic mass is 10.0. The van der Waals surface area contributed by atoms with Gasteiger partial charge in [0.05, 0.1) is 25.3 Å². The molecule has 2 heterocycles. The molecule has 3 aromatic carbocycles. The summed E-state index contributed by atoms with van der Waals surface area (Å²) in [7, 11) is 0. The quantitative estimate of drug-likeness (QED) is 0.370. The number of aromatic nitrogens is 1. The number of rotatable bonds is 6. The summed E-state index contributed by atoms with van der Waals surface area (Å²) in [5.74, 6) is 0. The maximum atomic E-state index is 13.5. The Kier molecular flexibility index (Phi) is 6.24. The predicted octanol–water partition coefficient (Wildman–Crippen LogP) is 5.76. The molecule has 0 radical (unpaired) electrons. The molecule has 1 aromatic heterocycles. The number of hydrogen-bond acceptors (Lipinski definition) is 4. The van der Waals surface area contributed by atoms with Crippen molar-refractivity contribution in [1.29, 1.82) is 0 Å². The number of anilines is 1. The third-order valence-electron chi connectivity index (χ3n) is 5.95. The van der Waals surface area contributed by atoms with Crippen LogP contribution in [0.15, 0.2) is 83.7 Å². The highest BCUT2D eigenvalue weighted by Crippen LogP contribution is 2.36. The molecule has 1 amide bonds. The van der Waals surface area contributed by atoms with E-state index in [1.54, 1.807) is 12.1 Å². The number of fused-ring (bicyclic) bond motifs is 1. The number of hydrogen-bond donors (Lipinski definition) is 1. The lowest BCUT2D eigenvalue weighted by Gasteiger charge is -2.15. The summed E-state index contributed by atoms with van der Waals surface area (Å²) in [6.45, 7) is 0.849. The predicted molar refractivity (Wildman–Crippen MR) is 129 cm³/mol. The number of aromatic amines is 1. The van der Waals surface area contributed by atoms with Crippen LogP contribution in [0.5, 0.6) is 0 Å². The molecule has 1 aliphatic rings. The molecule has 0 saturated carbocycles. The van der Waals surface area contributed by atoms with Crippen molar-refractivity contribution in [3.63, 3.8) is 0 Å². The van der Waals surface area contributed by atoms with E-state index in [0.29, 0.717) is 17.7 Å². The third-order valence-corrected chi connectivity index (χ3v) is 5.95. The highest BCUT2D eigenvalue weighted by atomic mass is 19.4. The van der Waals surface area contributed by atoms with Crippen LogP contribution >= 0.6 is 0 Å². The molecule has 0 spiro atoms. The normalized spacial score (nSPS) is 15.9. The first-order chi connectivity index (χ1) is 17.3. The highest BCUT2D eigenvalue weighted by Gasteiger charge is 2.34. The molecule has 1 fully saturated rings. The van der Waals surface area contributed by atoms with Gasteiger partial charge in [-0.05, 0) is 35.2 Å². The van der Waals surface area contributed by atoms with E-state index in [1.165, 1.54) is 35.2 Å². The Balaban J connectivity index is 1.35. The molecule has 4 aromatic rings. The number of ether oxygens (including phenoxy) is 2. The van der Waals surface area contributed by atoms with E-state index in [1.807, 2.05) is 30.3 Å². The van der Waals surface area contributed by atoms with Crippen LogP contribution in [-0.2, 0) is 22.3 Å². The van der Waals surface area contributed by atoms with Crippen LogP contribution in [0.3, 0.4) is 0 Å². The number of amides is 1. The van der Waals surface area contributed by atoms with Gasteiger partial charge in [-0.3, -0.25) is 9.69 Å².